The lowest BCUT2D eigenvalue weighted by atomic mass is 9.80. The molecule has 0 radical (unpaired) electrons. The van der Waals surface area contributed by atoms with Gasteiger partial charge in [0.15, 0.2) is 0 Å². The predicted octanol–water partition coefficient (Wildman–Crippen LogP) is 7.83. The van der Waals surface area contributed by atoms with Crippen molar-refractivity contribution >= 4 is 0 Å². The van der Waals surface area contributed by atoms with Crippen LogP contribution in [-0.4, -0.2) is 12.5 Å². The van der Waals surface area contributed by atoms with Crippen LogP contribution in [0.2, 0.25) is 0 Å². The van der Waals surface area contributed by atoms with Crippen molar-refractivity contribution in [1.29, 1.82) is 0 Å². The highest BCUT2D eigenvalue weighted by atomic mass is 19.3. The number of ether oxygens (including phenoxy) is 1. The molecule has 0 aromatic heterocycles. The van der Waals surface area contributed by atoms with Crippen LogP contribution in [0.3, 0.4) is 0 Å². The van der Waals surface area contributed by atoms with Gasteiger partial charge in [-0.15, -0.1) is 0 Å². The molecule has 0 atom stereocenters. The molecule has 1 aromatic rings. The molecule has 0 spiro atoms. The fraction of sp³-hybridized carbons (Fsp3) is 0.667. The van der Waals surface area contributed by atoms with Crippen LogP contribution in [0.1, 0.15) is 83.1 Å². The van der Waals surface area contributed by atoms with E-state index in [1.807, 2.05) is 0 Å². The summed E-state index contributed by atoms with van der Waals surface area (Å²) in [7, 11) is 0. The molecular weight excluding hydrogens is 380 g/mol. The Morgan fingerprint density at radius 1 is 0.966 bits per heavy atom. The van der Waals surface area contributed by atoms with E-state index >= 15 is 0 Å². The van der Waals surface area contributed by atoms with Crippen LogP contribution in [-0.2, 0) is 0 Å². The van der Waals surface area contributed by atoms with Gasteiger partial charge in [-0.2, -0.15) is 17.6 Å². The Balaban J connectivity index is 1.70. The van der Waals surface area contributed by atoms with Crippen LogP contribution >= 0.6 is 0 Å². The molecule has 1 aliphatic carbocycles. The lowest BCUT2D eigenvalue weighted by Gasteiger charge is -2.25. The fourth-order valence-corrected chi connectivity index (χ4v) is 3.80. The number of benzene rings is 1. The first-order chi connectivity index (χ1) is 13.9. The molecule has 162 valence electrons. The molecule has 1 aliphatic rings. The summed E-state index contributed by atoms with van der Waals surface area (Å²) in [5.41, 5.74) is 0.673. The van der Waals surface area contributed by atoms with Crippen LogP contribution in [0.15, 0.2) is 24.3 Å². The van der Waals surface area contributed by atoms with Gasteiger partial charge in [0, 0.05) is 11.5 Å². The summed E-state index contributed by atoms with van der Waals surface area (Å²) in [4.78, 5) is 0. The first kappa shape index (κ1) is 23.6. The molecule has 1 aromatic carbocycles. The van der Waals surface area contributed by atoms with Crippen molar-refractivity contribution in [2.24, 2.45) is 11.8 Å². The Morgan fingerprint density at radius 2 is 1.59 bits per heavy atom. The maximum absolute atomic E-state index is 12.9. The molecule has 0 heterocycles. The summed E-state index contributed by atoms with van der Waals surface area (Å²) in [6.45, 7) is 2.24. The lowest BCUT2D eigenvalue weighted by Crippen LogP contribution is -2.33. The number of hydrogen-bond acceptors (Lipinski definition) is 1. The third kappa shape index (κ3) is 8.68. The van der Waals surface area contributed by atoms with Gasteiger partial charge in [-0.05, 0) is 55.9 Å². The predicted molar refractivity (Wildman–Crippen MR) is 108 cm³/mol. The third-order valence-corrected chi connectivity index (χ3v) is 5.60. The standard InChI is InChI=1S/C24H32F4O/c1-2-3-4-5-6-7-8-19-9-11-20(12-10-19)13-14-21-15-17-22(18-16-21)29-24(27,28)23(25)26/h15-20,23H,2-12H2,1H3/t19-,20-. The van der Waals surface area contributed by atoms with Gasteiger partial charge >= 0.3 is 12.5 Å². The monoisotopic (exact) mass is 412 g/mol. The molecule has 0 bridgehead atoms. The number of hydrogen-bond donors (Lipinski definition) is 0. The molecular formula is C24H32F4O. The minimum atomic E-state index is -4.48. The normalized spacial score (nSPS) is 19.7. The average Bonchev–Trinajstić information content (AvgIpc) is 2.70. The molecule has 0 saturated heterocycles. The molecule has 5 heteroatoms. The first-order valence-electron chi connectivity index (χ1n) is 10.9. The molecule has 1 nitrogen and oxygen atoms in total. The molecule has 0 aliphatic heterocycles. The van der Waals surface area contributed by atoms with Gasteiger partial charge in [-0.3, -0.25) is 0 Å². The molecule has 1 fully saturated rings. The zero-order chi connectivity index (χ0) is 21.1. The van der Waals surface area contributed by atoms with E-state index in [0.717, 1.165) is 18.8 Å². The SMILES string of the molecule is CCCCCCCC[C@H]1CC[C@H](C#Cc2ccc(OC(F)(F)C(F)F)cc2)CC1. The van der Waals surface area contributed by atoms with E-state index in [4.69, 9.17) is 0 Å². The second kappa shape index (κ2) is 12.1. The van der Waals surface area contributed by atoms with Crippen molar-refractivity contribution in [3.63, 3.8) is 0 Å². The highest BCUT2D eigenvalue weighted by Gasteiger charge is 2.43. The fourth-order valence-electron chi connectivity index (χ4n) is 3.80. The molecule has 0 unspecified atom stereocenters. The second-order valence-electron chi connectivity index (χ2n) is 8.03. The third-order valence-electron chi connectivity index (χ3n) is 5.60. The van der Waals surface area contributed by atoms with Crippen LogP contribution in [0, 0.1) is 23.7 Å². The van der Waals surface area contributed by atoms with Crippen molar-refractivity contribution < 1.29 is 22.3 Å². The van der Waals surface area contributed by atoms with Gasteiger partial charge in [0.1, 0.15) is 5.75 Å². The van der Waals surface area contributed by atoms with Crippen molar-refractivity contribution in [1.82, 2.24) is 0 Å². The molecule has 1 saturated carbocycles. The zero-order valence-electron chi connectivity index (χ0n) is 17.2. The summed E-state index contributed by atoms with van der Waals surface area (Å²) in [6.07, 6.45) is 5.69. The van der Waals surface area contributed by atoms with E-state index in [2.05, 4.69) is 23.5 Å². The Hall–Kier alpha value is -1.70. The van der Waals surface area contributed by atoms with Gasteiger partial charge < -0.3 is 4.74 Å². The van der Waals surface area contributed by atoms with Gasteiger partial charge in [0.25, 0.3) is 0 Å². The number of unbranched alkanes of at least 4 members (excludes halogenated alkanes) is 5. The highest BCUT2D eigenvalue weighted by molar-refractivity contribution is 5.38. The Bertz CT molecular complexity index is 637. The second-order valence-corrected chi connectivity index (χ2v) is 8.03. The number of halogens is 4. The highest BCUT2D eigenvalue weighted by Crippen LogP contribution is 2.32. The largest absolute Gasteiger partial charge is 0.461 e. The minimum Gasteiger partial charge on any atom is -0.428 e. The number of rotatable bonds is 10. The van der Waals surface area contributed by atoms with E-state index in [1.165, 1.54) is 82.1 Å². The topological polar surface area (TPSA) is 9.23 Å². The molecule has 0 amide bonds. The van der Waals surface area contributed by atoms with Crippen LogP contribution in [0.5, 0.6) is 5.75 Å². The van der Waals surface area contributed by atoms with E-state index in [9.17, 15) is 17.6 Å². The summed E-state index contributed by atoms with van der Waals surface area (Å²) < 4.78 is 54.2. The average molecular weight is 413 g/mol. The van der Waals surface area contributed by atoms with Gasteiger partial charge in [0.05, 0.1) is 0 Å². The van der Waals surface area contributed by atoms with Gasteiger partial charge in [0.2, 0.25) is 0 Å². The molecule has 29 heavy (non-hydrogen) atoms. The van der Waals surface area contributed by atoms with Crippen molar-refractivity contribution in [3.8, 4) is 17.6 Å². The van der Waals surface area contributed by atoms with E-state index in [-0.39, 0.29) is 5.75 Å². The molecule has 2 rings (SSSR count). The van der Waals surface area contributed by atoms with Crippen LogP contribution in [0.4, 0.5) is 17.6 Å². The summed E-state index contributed by atoms with van der Waals surface area (Å²) in [5, 5.41) is 0. The summed E-state index contributed by atoms with van der Waals surface area (Å²) in [5.74, 6) is 7.25. The van der Waals surface area contributed by atoms with Crippen LogP contribution < -0.4 is 4.74 Å². The van der Waals surface area contributed by atoms with Crippen molar-refractivity contribution in [3.05, 3.63) is 29.8 Å². The maximum atomic E-state index is 12.9. The van der Waals surface area contributed by atoms with E-state index in [0.29, 0.717) is 11.5 Å². The van der Waals surface area contributed by atoms with E-state index in [1.54, 1.807) is 0 Å². The summed E-state index contributed by atoms with van der Waals surface area (Å²) in [6, 6.07) is 5.54. The van der Waals surface area contributed by atoms with Gasteiger partial charge in [-0.1, -0.05) is 63.7 Å². The maximum Gasteiger partial charge on any atom is 0.461 e. The van der Waals surface area contributed by atoms with Crippen LogP contribution in [0.25, 0.3) is 0 Å². The molecule has 0 N–H and O–H groups in total. The quantitative estimate of drug-likeness (QED) is 0.216. The summed E-state index contributed by atoms with van der Waals surface area (Å²) >= 11 is 0. The van der Waals surface area contributed by atoms with Crippen molar-refractivity contribution in [2.45, 2.75) is 90.1 Å². The van der Waals surface area contributed by atoms with Crippen molar-refractivity contribution in [2.75, 3.05) is 0 Å². The first-order valence-corrected chi connectivity index (χ1v) is 10.9. The zero-order valence-corrected chi connectivity index (χ0v) is 17.2. The van der Waals surface area contributed by atoms with E-state index < -0.39 is 12.5 Å². The smallest absolute Gasteiger partial charge is 0.428 e. The lowest BCUT2D eigenvalue weighted by molar-refractivity contribution is -0.253. The van der Waals surface area contributed by atoms with Gasteiger partial charge in [-0.25, -0.2) is 0 Å². The Morgan fingerprint density at radius 3 is 2.21 bits per heavy atom. The minimum absolute atomic E-state index is 0.295. The number of alkyl halides is 4. The Labute approximate surface area is 172 Å². The Kier molecular flexibility index (Phi) is 9.84.